The highest BCUT2D eigenvalue weighted by molar-refractivity contribution is 5.28. The molecule has 0 aliphatic rings. The molecule has 0 aliphatic heterocycles. The van der Waals surface area contributed by atoms with Crippen molar-refractivity contribution in [1.82, 2.24) is 5.32 Å². The molecule has 0 radical (unpaired) electrons. The molecule has 1 unspecified atom stereocenters. The molecule has 17 heavy (non-hydrogen) atoms. The van der Waals surface area contributed by atoms with Gasteiger partial charge in [0.1, 0.15) is 11.6 Å². The van der Waals surface area contributed by atoms with E-state index in [2.05, 4.69) is 26.1 Å². The molecule has 0 amide bonds. The number of nitrogens with one attached hydrogen (secondary N) is 1. The summed E-state index contributed by atoms with van der Waals surface area (Å²) >= 11 is 0. The summed E-state index contributed by atoms with van der Waals surface area (Å²) in [6, 6.07) is 5.41. The number of methoxy groups -OCH3 is 1. The van der Waals surface area contributed by atoms with Crippen LogP contribution in [0.25, 0.3) is 0 Å². The molecule has 0 fully saturated rings. The van der Waals surface area contributed by atoms with Gasteiger partial charge >= 0.3 is 0 Å². The SMILES string of the molecule is CCC(NCc1ccc(OC)cc1F)C(C)C. The molecule has 3 heteroatoms. The molecular weight excluding hydrogens is 217 g/mol. The topological polar surface area (TPSA) is 21.3 Å². The first-order valence-electron chi connectivity index (χ1n) is 6.14. The van der Waals surface area contributed by atoms with Gasteiger partial charge in [0.05, 0.1) is 7.11 Å². The molecule has 0 spiro atoms. The Morgan fingerprint density at radius 3 is 2.53 bits per heavy atom. The van der Waals surface area contributed by atoms with Crippen LogP contribution in [0.3, 0.4) is 0 Å². The van der Waals surface area contributed by atoms with E-state index in [1.54, 1.807) is 19.2 Å². The molecule has 1 N–H and O–H groups in total. The summed E-state index contributed by atoms with van der Waals surface area (Å²) in [4.78, 5) is 0. The monoisotopic (exact) mass is 239 g/mol. The Kier molecular flexibility index (Phi) is 5.42. The van der Waals surface area contributed by atoms with Crippen LogP contribution >= 0.6 is 0 Å². The maximum atomic E-state index is 13.7. The molecule has 1 aromatic rings. The molecular formula is C14H22FNO. The minimum atomic E-state index is -0.213. The Bertz CT molecular complexity index is 352. The van der Waals surface area contributed by atoms with Gasteiger partial charge in [0.2, 0.25) is 0 Å². The first-order chi connectivity index (χ1) is 8.08. The minimum Gasteiger partial charge on any atom is -0.497 e. The van der Waals surface area contributed by atoms with Crippen molar-refractivity contribution in [2.45, 2.75) is 39.8 Å². The minimum absolute atomic E-state index is 0.213. The average Bonchev–Trinajstić information content (AvgIpc) is 2.31. The lowest BCUT2D eigenvalue weighted by Gasteiger charge is -2.21. The van der Waals surface area contributed by atoms with Crippen molar-refractivity contribution < 1.29 is 9.13 Å². The van der Waals surface area contributed by atoms with E-state index in [1.807, 2.05) is 0 Å². The Morgan fingerprint density at radius 1 is 1.35 bits per heavy atom. The maximum Gasteiger partial charge on any atom is 0.131 e. The second-order valence-corrected chi connectivity index (χ2v) is 4.60. The number of hydrogen-bond acceptors (Lipinski definition) is 2. The first kappa shape index (κ1) is 14.0. The normalized spacial score (nSPS) is 12.8. The average molecular weight is 239 g/mol. The fourth-order valence-electron chi connectivity index (χ4n) is 1.89. The van der Waals surface area contributed by atoms with E-state index in [1.165, 1.54) is 6.07 Å². The maximum absolute atomic E-state index is 13.7. The fourth-order valence-corrected chi connectivity index (χ4v) is 1.89. The zero-order valence-corrected chi connectivity index (χ0v) is 11.1. The van der Waals surface area contributed by atoms with Crippen molar-refractivity contribution in [3.05, 3.63) is 29.6 Å². The summed E-state index contributed by atoms with van der Waals surface area (Å²) in [5.74, 6) is 0.902. The van der Waals surface area contributed by atoms with Gasteiger partial charge in [-0.1, -0.05) is 26.8 Å². The summed E-state index contributed by atoms with van der Waals surface area (Å²) < 4.78 is 18.6. The van der Waals surface area contributed by atoms with Gasteiger partial charge in [-0.3, -0.25) is 0 Å². The van der Waals surface area contributed by atoms with Crippen LogP contribution in [0.2, 0.25) is 0 Å². The van der Waals surface area contributed by atoms with E-state index < -0.39 is 0 Å². The van der Waals surface area contributed by atoms with Crippen LogP contribution in [0, 0.1) is 11.7 Å². The Hall–Kier alpha value is -1.09. The third-order valence-corrected chi connectivity index (χ3v) is 3.06. The van der Waals surface area contributed by atoms with Crippen molar-refractivity contribution in [2.75, 3.05) is 7.11 Å². The predicted molar refractivity (Wildman–Crippen MR) is 68.7 cm³/mol. The number of ether oxygens (including phenoxy) is 1. The third kappa shape index (κ3) is 4.00. The lowest BCUT2D eigenvalue weighted by molar-refractivity contribution is 0.383. The smallest absolute Gasteiger partial charge is 0.131 e. The molecule has 1 rings (SSSR count). The van der Waals surface area contributed by atoms with Crippen LogP contribution in [0.4, 0.5) is 4.39 Å². The van der Waals surface area contributed by atoms with Crippen LogP contribution < -0.4 is 10.1 Å². The Morgan fingerprint density at radius 2 is 2.06 bits per heavy atom. The zero-order valence-electron chi connectivity index (χ0n) is 11.1. The summed E-state index contributed by atoms with van der Waals surface area (Å²) in [5.41, 5.74) is 0.685. The molecule has 1 aromatic carbocycles. The quantitative estimate of drug-likeness (QED) is 0.822. The van der Waals surface area contributed by atoms with E-state index in [-0.39, 0.29) is 5.82 Å². The van der Waals surface area contributed by atoms with Crippen LogP contribution in [0.15, 0.2) is 18.2 Å². The van der Waals surface area contributed by atoms with Crippen molar-refractivity contribution in [2.24, 2.45) is 5.92 Å². The van der Waals surface area contributed by atoms with E-state index in [0.717, 1.165) is 6.42 Å². The predicted octanol–water partition coefficient (Wildman–Crippen LogP) is 3.36. The van der Waals surface area contributed by atoms with Gasteiger partial charge in [0.15, 0.2) is 0 Å². The van der Waals surface area contributed by atoms with Gasteiger partial charge in [0, 0.05) is 24.2 Å². The first-order valence-corrected chi connectivity index (χ1v) is 6.14. The molecule has 0 heterocycles. The fraction of sp³-hybridized carbons (Fsp3) is 0.571. The largest absolute Gasteiger partial charge is 0.497 e. The van der Waals surface area contributed by atoms with E-state index in [4.69, 9.17) is 4.74 Å². The molecule has 2 nitrogen and oxygen atoms in total. The van der Waals surface area contributed by atoms with E-state index >= 15 is 0 Å². The van der Waals surface area contributed by atoms with Gasteiger partial charge < -0.3 is 10.1 Å². The van der Waals surface area contributed by atoms with Crippen LogP contribution in [-0.2, 0) is 6.54 Å². The summed E-state index contributed by atoms with van der Waals surface area (Å²) in [6.07, 6.45) is 1.05. The standard InChI is InChI=1S/C14H22FNO/c1-5-14(10(2)3)16-9-11-6-7-12(17-4)8-13(11)15/h6-8,10,14,16H,5,9H2,1-4H3. The van der Waals surface area contributed by atoms with E-state index in [0.29, 0.717) is 29.8 Å². The molecule has 0 bridgehead atoms. The number of benzene rings is 1. The number of rotatable bonds is 6. The van der Waals surface area contributed by atoms with Crippen molar-refractivity contribution in [3.8, 4) is 5.75 Å². The van der Waals surface area contributed by atoms with E-state index in [9.17, 15) is 4.39 Å². The highest BCUT2D eigenvalue weighted by atomic mass is 19.1. The molecule has 0 saturated carbocycles. The summed E-state index contributed by atoms with van der Waals surface area (Å²) in [5, 5.41) is 3.38. The Labute approximate surface area is 103 Å². The molecule has 0 aromatic heterocycles. The van der Waals surface area contributed by atoms with Gasteiger partial charge in [-0.15, -0.1) is 0 Å². The highest BCUT2D eigenvalue weighted by Crippen LogP contribution is 2.16. The van der Waals surface area contributed by atoms with Crippen LogP contribution in [0.1, 0.15) is 32.8 Å². The van der Waals surface area contributed by atoms with Gasteiger partial charge in [-0.05, 0) is 18.4 Å². The third-order valence-electron chi connectivity index (χ3n) is 3.06. The molecule has 0 aliphatic carbocycles. The second-order valence-electron chi connectivity index (χ2n) is 4.60. The number of hydrogen-bond donors (Lipinski definition) is 1. The van der Waals surface area contributed by atoms with Crippen molar-refractivity contribution >= 4 is 0 Å². The van der Waals surface area contributed by atoms with Crippen molar-refractivity contribution in [3.63, 3.8) is 0 Å². The molecule has 0 saturated heterocycles. The second kappa shape index (κ2) is 6.60. The molecule has 96 valence electrons. The zero-order chi connectivity index (χ0) is 12.8. The van der Waals surface area contributed by atoms with Crippen LogP contribution in [-0.4, -0.2) is 13.2 Å². The lowest BCUT2D eigenvalue weighted by atomic mass is 10.0. The van der Waals surface area contributed by atoms with Crippen LogP contribution in [0.5, 0.6) is 5.75 Å². The lowest BCUT2D eigenvalue weighted by Crippen LogP contribution is -2.32. The number of halogens is 1. The van der Waals surface area contributed by atoms with Gasteiger partial charge in [0.25, 0.3) is 0 Å². The summed E-state index contributed by atoms with van der Waals surface area (Å²) in [6.45, 7) is 7.05. The Balaban J connectivity index is 2.63. The summed E-state index contributed by atoms with van der Waals surface area (Å²) in [7, 11) is 1.54. The highest BCUT2D eigenvalue weighted by Gasteiger charge is 2.11. The van der Waals surface area contributed by atoms with Gasteiger partial charge in [-0.2, -0.15) is 0 Å². The van der Waals surface area contributed by atoms with Crippen molar-refractivity contribution in [1.29, 1.82) is 0 Å². The van der Waals surface area contributed by atoms with Gasteiger partial charge in [-0.25, -0.2) is 4.39 Å². The molecule has 1 atom stereocenters.